The molecule has 5 heteroatoms. The minimum atomic E-state index is 0.158. The quantitative estimate of drug-likeness (QED) is 0.787. The summed E-state index contributed by atoms with van der Waals surface area (Å²) in [7, 11) is 1.64. The summed E-state index contributed by atoms with van der Waals surface area (Å²) in [4.78, 5) is 22.1. The van der Waals surface area contributed by atoms with E-state index in [0.29, 0.717) is 13.0 Å². The number of hydrogen-bond acceptors (Lipinski definition) is 3. The fourth-order valence-electron chi connectivity index (χ4n) is 3.39. The third kappa shape index (κ3) is 3.20. The number of ether oxygens (including phenoxy) is 1. The number of aromatic nitrogens is 2. The van der Waals surface area contributed by atoms with Crippen LogP contribution in [0.2, 0.25) is 0 Å². The maximum atomic E-state index is 12.6. The number of aromatic amines is 1. The summed E-state index contributed by atoms with van der Waals surface area (Å²) in [6.07, 6.45) is 7.24. The second kappa shape index (κ2) is 7.04. The van der Waals surface area contributed by atoms with Crippen LogP contribution in [0.15, 0.2) is 54.9 Å². The highest BCUT2D eigenvalue weighted by Crippen LogP contribution is 2.28. The number of fused-ring (bicyclic) bond motifs is 1. The van der Waals surface area contributed by atoms with E-state index in [1.165, 1.54) is 11.1 Å². The van der Waals surface area contributed by atoms with Crippen molar-refractivity contribution in [2.75, 3.05) is 20.2 Å². The van der Waals surface area contributed by atoms with E-state index in [1.807, 2.05) is 41.4 Å². The van der Waals surface area contributed by atoms with Crippen LogP contribution in [0, 0.1) is 0 Å². The lowest BCUT2D eigenvalue weighted by Gasteiger charge is -2.26. The van der Waals surface area contributed by atoms with E-state index in [4.69, 9.17) is 4.74 Å². The fourth-order valence-corrected chi connectivity index (χ4v) is 3.39. The summed E-state index contributed by atoms with van der Waals surface area (Å²) < 4.78 is 5.16. The van der Waals surface area contributed by atoms with Crippen LogP contribution in [0.4, 0.5) is 0 Å². The van der Waals surface area contributed by atoms with Gasteiger partial charge in [-0.2, -0.15) is 0 Å². The SMILES string of the molecule is COc1ccc(CC(=O)N2CC=C(c3c[nH]c4ncccc34)CC2)cc1. The maximum Gasteiger partial charge on any atom is 0.227 e. The van der Waals surface area contributed by atoms with Gasteiger partial charge in [-0.25, -0.2) is 4.98 Å². The highest BCUT2D eigenvalue weighted by atomic mass is 16.5. The Labute approximate surface area is 152 Å². The molecule has 4 rings (SSSR count). The van der Waals surface area contributed by atoms with Crippen LogP contribution in [-0.2, 0) is 11.2 Å². The van der Waals surface area contributed by atoms with Gasteiger partial charge in [-0.1, -0.05) is 18.2 Å². The average molecular weight is 347 g/mol. The van der Waals surface area contributed by atoms with Crippen LogP contribution in [0.1, 0.15) is 17.5 Å². The van der Waals surface area contributed by atoms with Gasteiger partial charge in [-0.3, -0.25) is 4.79 Å². The van der Waals surface area contributed by atoms with Crippen molar-refractivity contribution in [1.82, 2.24) is 14.9 Å². The number of rotatable bonds is 4. The van der Waals surface area contributed by atoms with Crippen LogP contribution >= 0.6 is 0 Å². The number of H-pyrrole nitrogens is 1. The van der Waals surface area contributed by atoms with Gasteiger partial charge >= 0.3 is 0 Å². The van der Waals surface area contributed by atoms with E-state index in [-0.39, 0.29) is 5.91 Å². The predicted octanol–water partition coefficient (Wildman–Crippen LogP) is 3.43. The molecule has 0 spiro atoms. The zero-order valence-electron chi connectivity index (χ0n) is 14.7. The van der Waals surface area contributed by atoms with Gasteiger partial charge in [0, 0.05) is 36.4 Å². The maximum absolute atomic E-state index is 12.6. The van der Waals surface area contributed by atoms with Crippen LogP contribution < -0.4 is 4.74 Å². The molecule has 5 nitrogen and oxygen atoms in total. The Morgan fingerprint density at radius 2 is 2.12 bits per heavy atom. The van der Waals surface area contributed by atoms with E-state index >= 15 is 0 Å². The largest absolute Gasteiger partial charge is 0.497 e. The average Bonchev–Trinajstić information content (AvgIpc) is 3.13. The molecule has 132 valence electrons. The van der Waals surface area contributed by atoms with Crippen molar-refractivity contribution in [3.05, 3.63) is 66.0 Å². The van der Waals surface area contributed by atoms with Crippen LogP contribution in [0.25, 0.3) is 16.6 Å². The minimum Gasteiger partial charge on any atom is -0.497 e. The second-order valence-electron chi connectivity index (χ2n) is 6.45. The topological polar surface area (TPSA) is 58.2 Å². The monoisotopic (exact) mass is 347 g/mol. The minimum absolute atomic E-state index is 0.158. The zero-order chi connectivity index (χ0) is 17.9. The Morgan fingerprint density at radius 1 is 1.27 bits per heavy atom. The molecule has 0 radical (unpaired) electrons. The van der Waals surface area contributed by atoms with Gasteiger partial charge < -0.3 is 14.6 Å². The first-order chi connectivity index (χ1) is 12.7. The van der Waals surface area contributed by atoms with Crippen molar-refractivity contribution in [2.24, 2.45) is 0 Å². The van der Waals surface area contributed by atoms with Gasteiger partial charge in [-0.05, 0) is 41.8 Å². The standard InChI is InChI=1S/C21H21N3O2/c1-26-17-6-4-15(5-7-17)13-20(25)24-11-8-16(9-12-24)19-14-23-21-18(19)3-2-10-22-21/h2-8,10,14H,9,11-13H2,1H3,(H,22,23). The third-order valence-electron chi connectivity index (χ3n) is 4.87. The van der Waals surface area contributed by atoms with E-state index < -0.39 is 0 Å². The van der Waals surface area contributed by atoms with Crippen molar-refractivity contribution >= 4 is 22.5 Å². The number of carbonyl (C=O) groups excluding carboxylic acids is 1. The molecular formula is C21H21N3O2. The van der Waals surface area contributed by atoms with Gasteiger partial charge in [0.1, 0.15) is 11.4 Å². The summed E-state index contributed by atoms with van der Waals surface area (Å²) >= 11 is 0. The van der Waals surface area contributed by atoms with Gasteiger partial charge in [0.2, 0.25) is 5.91 Å². The van der Waals surface area contributed by atoms with Gasteiger partial charge in [0.15, 0.2) is 0 Å². The van der Waals surface area contributed by atoms with Crippen LogP contribution in [0.3, 0.4) is 0 Å². The zero-order valence-corrected chi connectivity index (χ0v) is 14.7. The number of nitrogens with one attached hydrogen (secondary N) is 1. The van der Waals surface area contributed by atoms with E-state index in [2.05, 4.69) is 22.1 Å². The Hall–Kier alpha value is -3.08. The number of nitrogens with zero attached hydrogens (tertiary/aromatic N) is 2. The van der Waals surface area contributed by atoms with Gasteiger partial charge in [0.25, 0.3) is 0 Å². The third-order valence-corrected chi connectivity index (χ3v) is 4.87. The molecule has 0 saturated heterocycles. The first-order valence-corrected chi connectivity index (χ1v) is 8.77. The molecule has 3 heterocycles. The smallest absolute Gasteiger partial charge is 0.227 e. The lowest BCUT2D eigenvalue weighted by atomic mass is 9.99. The van der Waals surface area contributed by atoms with Crippen molar-refractivity contribution in [3.63, 3.8) is 0 Å². The summed E-state index contributed by atoms with van der Waals surface area (Å²) in [5, 5.41) is 1.14. The van der Waals surface area contributed by atoms with Gasteiger partial charge in [-0.15, -0.1) is 0 Å². The molecular weight excluding hydrogens is 326 g/mol. The Morgan fingerprint density at radius 3 is 2.85 bits per heavy atom. The van der Waals surface area contributed by atoms with E-state index in [1.54, 1.807) is 13.3 Å². The van der Waals surface area contributed by atoms with Crippen molar-refractivity contribution < 1.29 is 9.53 Å². The molecule has 26 heavy (non-hydrogen) atoms. The first kappa shape index (κ1) is 16.4. The molecule has 1 amide bonds. The predicted molar refractivity (Wildman–Crippen MR) is 102 cm³/mol. The number of pyridine rings is 1. The Bertz CT molecular complexity index is 957. The molecule has 0 fully saturated rings. The lowest BCUT2D eigenvalue weighted by Crippen LogP contribution is -2.35. The molecule has 0 unspecified atom stereocenters. The molecule has 1 aliphatic rings. The van der Waals surface area contributed by atoms with Crippen LogP contribution in [-0.4, -0.2) is 41.0 Å². The lowest BCUT2D eigenvalue weighted by molar-refractivity contribution is -0.130. The molecule has 1 N–H and O–H groups in total. The molecule has 1 aliphatic heterocycles. The summed E-state index contributed by atoms with van der Waals surface area (Å²) in [6.45, 7) is 1.39. The molecule has 0 atom stereocenters. The summed E-state index contributed by atoms with van der Waals surface area (Å²) in [5.74, 6) is 0.964. The second-order valence-corrected chi connectivity index (χ2v) is 6.45. The fraction of sp³-hybridized carbons (Fsp3) is 0.238. The number of hydrogen-bond donors (Lipinski definition) is 1. The van der Waals surface area contributed by atoms with Crippen molar-refractivity contribution in [1.29, 1.82) is 0 Å². The highest BCUT2D eigenvalue weighted by Gasteiger charge is 2.19. The molecule has 2 aromatic heterocycles. The number of amides is 1. The number of methoxy groups -OCH3 is 1. The molecule has 0 aliphatic carbocycles. The van der Waals surface area contributed by atoms with Gasteiger partial charge in [0.05, 0.1) is 13.5 Å². The highest BCUT2D eigenvalue weighted by molar-refractivity contribution is 5.91. The molecule has 1 aromatic carbocycles. The summed E-state index contributed by atoms with van der Waals surface area (Å²) in [5.41, 5.74) is 4.38. The Kier molecular flexibility index (Phi) is 4.44. The van der Waals surface area contributed by atoms with Crippen LogP contribution in [0.5, 0.6) is 5.75 Å². The van der Waals surface area contributed by atoms with Crippen molar-refractivity contribution in [3.8, 4) is 5.75 Å². The van der Waals surface area contributed by atoms with E-state index in [9.17, 15) is 4.79 Å². The first-order valence-electron chi connectivity index (χ1n) is 8.77. The number of benzene rings is 1. The summed E-state index contributed by atoms with van der Waals surface area (Å²) in [6, 6.07) is 11.7. The van der Waals surface area contributed by atoms with E-state index in [0.717, 1.165) is 35.3 Å². The molecule has 3 aromatic rings. The Balaban J connectivity index is 1.44. The molecule has 0 bridgehead atoms. The normalized spacial score (nSPS) is 14.3. The molecule has 0 saturated carbocycles. The van der Waals surface area contributed by atoms with Crippen molar-refractivity contribution in [2.45, 2.75) is 12.8 Å². The number of carbonyl (C=O) groups is 1.